The van der Waals surface area contributed by atoms with Crippen molar-refractivity contribution in [1.29, 1.82) is 0 Å². The Balaban J connectivity index is 1.59. The zero-order valence-corrected chi connectivity index (χ0v) is 17.3. The number of furan rings is 1. The topological polar surface area (TPSA) is 80.6 Å². The number of hydrogen-bond donors (Lipinski definition) is 2. The van der Waals surface area contributed by atoms with Gasteiger partial charge in [0.25, 0.3) is 0 Å². The van der Waals surface area contributed by atoms with E-state index in [-0.39, 0.29) is 17.9 Å². The fourth-order valence-corrected chi connectivity index (χ4v) is 3.01. The van der Waals surface area contributed by atoms with Gasteiger partial charge in [0.2, 0.25) is 11.8 Å². The second kappa shape index (κ2) is 9.78. The van der Waals surface area contributed by atoms with Crippen molar-refractivity contribution in [3.8, 4) is 5.75 Å². The molecule has 1 aromatic heterocycles. The Hall–Kier alpha value is -3.54. The largest absolute Gasteiger partial charge is 0.490 e. The Morgan fingerprint density at radius 3 is 2.57 bits per heavy atom. The summed E-state index contributed by atoms with van der Waals surface area (Å²) in [7, 11) is 0. The van der Waals surface area contributed by atoms with Crippen molar-refractivity contribution in [1.82, 2.24) is 10.6 Å². The summed E-state index contributed by atoms with van der Waals surface area (Å²) < 4.78 is 11.5. The highest BCUT2D eigenvalue weighted by molar-refractivity contribution is 5.95. The monoisotopic (exact) mass is 406 g/mol. The van der Waals surface area contributed by atoms with Gasteiger partial charge in [0, 0.05) is 11.5 Å². The van der Waals surface area contributed by atoms with E-state index in [0.717, 1.165) is 10.9 Å². The summed E-state index contributed by atoms with van der Waals surface area (Å²) in [4.78, 5) is 24.6. The molecule has 0 aliphatic heterocycles. The van der Waals surface area contributed by atoms with Crippen molar-refractivity contribution < 1.29 is 18.7 Å². The lowest BCUT2D eigenvalue weighted by molar-refractivity contribution is -0.127. The van der Waals surface area contributed by atoms with Gasteiger partial charge in [0.1, 0.15) is 11.8 Å². The lowest BCUT2D eigenvalue weighted by Crippen LogP contribution is -2.44. The molecule has 2 atom stereocenters. The number of rotatable bonds is 8. The Bertz CT molecular complexity index is 1040. The minimum atomic E-state index is -0.691. The molecule has 6 heteroatoms. The van der Waals surface area contributed by atoms with Crippen LogP contribution >= 0.6 is 0 Å². The third kappa shape index (κ3) is 5.29. The van der Waals surface area contributed by atoms with Crippen LogP contribution in [0.3, 0.4) is 0 Å². The van der Waals surface area contributed by atoms with Crippen LogP contribution in [-0.4, -0.2) is 24.5 Å². The number of hydrogen-bond acceptors (Lipinski definition) is 4. The molecule has 6 nitrogen and oxygen atoms in total. The Morgan fingerprint density at radius 1 is 1.07 bits per heavy atom. The van der Waals surface area contributed by atoms with Gasteiger partial charge >= 0.3 is 0 Å². The number of carbonyl (C=O) groups is 2. The van der Waals surface area contributed by atoms with Crippen LogP contribution in [0.2, 0.25) is 0 Å². The number of para-hydroxylation sites is 1. The maximum Gasteiger partial charge on any atom is 0.244 e. The van der Waals surface area contributed by atoms with Crippen LogP contribution < -0.4 is 15.4 Å². The predicted molar refractivity (Wildman–Crippen MR) is 117 cm³/mol. The smallest absolute Gasteiger partial charge is 0.244 e. The Labute approximate surface area is 175 Å². The number of nitrogens with one attached hydrogen (secondary N) is 2. The molecule has 0 aliphatic carbocycles. The van der Waals surface area contributed by atoms with Crippen molar-refractivity contribution >= 4 is 28.9 Å². The van der Waals surface area contributed by atoms with Crippen LogP contribution in [0.25, 0.3) is 17.0 Å². The summed E-state index contributed by atoms with van der Waals surface area (Å²) >= 11 is 0. The molecule has 0 bridgehead atoms. The summed E-state index contributed by atoms with van der Waals surface area (Å²) in [6, 6.07) is 16.0. The van der Waals surface area contributed by atoms with Gasteiger partial charge in [-0.15, -0.1) is 0 Å². The van der Waals surface area contributed by atoms with E-state index in [1.807, 2.05) is 68.4 Å². The molecular formula is C24H26N2O4. The maximum atomic E-state index is 12.5. The molecule has 0 fully saturated rings. The first kappa shape index (κ1) is 21.2. The molecule has 156 valence electrons. The molecule has 2 unspecified atom stereocenters. The highest BCUT2D eigenvalue weighted by Crippen LogP contribution is 2.31. The van der Waals surface area contributed by atoms with Crippen molar-refractivity contribution in [3.63, 3.8) is 0 Å². The minimum absolute atomic E-state index is 0.297. The molecule has 3 aromatic rings. The first-order chi connectivity index (χ1) is 14.5. The molecule has 0 spiro atoms. The van der Waals surface area contributed by atoms with E-state index in [2.05, 4.69) is 10.6 Å². The summed E-state index contributed by atoms with van der Waals surface area (Å²) in [6.45, 7) is 5.93. The van der Waals surface area contributed by atoms with Gasteiger partial charge in [-0.1, -0.05) is 42.5 Å². The molecule has 1 heterocycles. The highest BCUT2D eigenvalue weighted by Gasteiger charge is 2.20. The molecule has 0 radical (unpaired) electrons. The third-order valence-electron chi connectivity index (χ3n) is 4.59. The Kier molecular flexibility index (Phi) is 6.91. The minimum Gasteiger partial charge on any atom is -0.490 e. The van der Waals surface area contributed by atoms with Crippen molar-refractivity contribution in [2.24, 2.45) is 0 Å². The highest BCUT2D eigenvalue weighted by atomic mass is 16.5. The van der Waals surface area contributed by atoms with Gasteiger partial charge in [0.15, 0.2) is 11.3 Å². The van der Waals surface area contributed by atoms with Crippen molar-refractivity contribution in [2.45, 2.75) is 32.9 Å². The molecular weight excluding hydrogens is 380 g/mol. The van der Waals surface area contributed by atoms with Gasteiger partial charge in [-0.2, -0.15) is 0 Å². The van der Waals surface area contributed by atoms with Gasteiger partial charge in [0.05, 0.1) is 12.6 Å². The number of carbonyl (C=O) groups excluding carboxylic acids is 2. The van der Waals surface area contributed by atoms with Gasteiger partial charge < -0.3 is 19.8 Å². The van der Waals surface area contributed by atoms with E-state index in [0.29, 0.717) is 23.7 Å². The van der Waals surface area contributed by atoms with E-state index < -0.39 is 6.04 Å². The SMILES string of the molecule is CCOc1cccc2cc(C(C)NC(=O)C(C)NC(=O)/C=C/c3ccccc3)oc12. The zero-order valence-electron chi connectivity index (χ0n) is 17.3. The van der Waals surface area contributed by atoms with Crippen LogP contribution in [0.5, 0.6) is 5.75 Å². The first-order valence-corrected chi connectivity index (χ1v) is 9.97. The molecule has 2 amide bonds. The third-order valence-corrected chi connectivity index (χ3v) is 4.59. The number of benzene rings is 2. The molecule has 2 aromatic carbocycles. The average molecular weight is 406 g/mol. The fourth-order valence-electron chi connectivity index (χ4n) is 3.01. The second-order valence-corrected chi connectivity index (χ2v) is 6.96. The van der Waals surface area contributed by atoms with Crippen LogP contribution in [0, 0.1) is 0 Å². The summed E-state index contributed by atoms with van der Waals surface area (Å²) in [5.74, 6) is 0.660. The van der Waals surface area contributed by atoms with E-state index in [9.17, 15) is 9.59 Å². The van der Waals surface area contributed by atoms with Crippen LogP contribution in [0.15, 0.2) is 65.1 Å². The lowest BCUT2D eigenvalue weighted by atomic mass is 10.2. The van der Waals surface area contributed by atoms with Gasteiger partial charge in [-0.3, -0.25) is 9.59 Å². The molecule has 0 saturated carbocycles. The van der Waals surface area contributed by atoms with Crippen LogP contribution in [0.1, 0.15) is 38.1 Å². The van der Waals surface area contributed by atoms with Crippen molar-refractivity contribution in [3.05, 3.63) is 72.0 Å². The molecule has 2 N–H and O–H groups in total. The van der Waals surface area contributed by atoms with Gasteiger partial charge in [-0.05, 0) is 44.5 Å². The molecule has 30 heavy (non-hydrogen) atoms. The summed E-state index contributed by atoms with van der Waals surface area (Å²) in [5, 5.41) is 6.45. The molecule has 0 saturated heterocycles. The summed E-state index contributed by atoms with van der Waals surface area (Å²) in [6.07, 6.45) is 3.12. The van der Waals surface area contributed by atoms with Crippen molar-refractivity contribution in [2.75, 3.05) is 6.61 Å². The first-order valence-electron chi connectivity index (χ1n) is 9.97. The second-order valence-electron chi connectivity index (χ2n) is 6.96. The van der Waals surface area contributed by atoms with E-state index in [4.69, 9.17) is 9.15 Å². The molecule has 0 aliphatic rings. The quantitative estimate of drug-likeness (QED) is 0.549. The molecule has 3 rings (SSSR count). The standard InChI is InChI=1S/C24H26N2O4/c1-4-29-20-12-8-11-19-15-21(30-23(19)20)16(2)26-24(28)17(3)25-22(27)14-13-18-9-6-5-7-10-18/h5-17H,4H2,1-3H3,(H,25,27)(H,26,28)/b14-13+. The van der Waals surface area contributed by atoms with E-state index in [1.54, 1.807) is 13.0 Å². The Morgan fingerprint density at radius 2 is 1.83 bits per heavy atom. The van der Waals surface area contributed by atoms with E-state index in [1.165, 1.54) is 6.08 Å². The lowest BCUT2D eigenvalue weighted by Gasteiger charge is -2.16. The number of amides is 2. The predicted octanol–water partition coefficient (Wildman–Crippen LogP) is 4.23. The zero-order chi connectivity index (χ0) is 21.5. The normalized spacial score (nSPS) is 13.2. The fraction of sp³-hybridized carbons (Fsp3) is 0.250. The summed E-state index contributed by atoms with van der Waals surface area (Å²) in [5.41, 5.74) is 1.57. The van der Waals surface area contributed by atoms with Crippen LogP contribution in [0.4, 0.5) is 0 Å². The maximum absolute atomic E-state index is 12.5. The van der Waals surface area contributed by atoms with Crippen LogP contribution in [-0.2, 0) is 9.59 Å². The average Bonchev–Trinajstić information content (AvgIpc) is 3.19. The van der Waals surface area contributed by atoms with Gasteiger partial charge in [-0.25, -0.2) is 0 Å². The van der Waals surface area contributed by atoms with E-state index >= 15 is 0 Å². The number of ether oxygens (including phenoxy) is 1. The number of fused-ring (bicyclic) bond motifs is 1.